The van der Waals surface area contributed by atoms with E-state index >= 15 is 0 Å². The van der Waals surface area contributed by atoms with Gasteiger partial charge in [-0.25, -0.2) is 0 Å². The summed E-state index contributed by atoms with van der Waals surface area (Å²) in [5.74, 6) is 3.12. The highest BCUT2D eigenvalue weighted by Gasteiger charge is 2.47. The highest BCUT2D eigenvalue weighted by atomic mass is 16.3. The van der Waals surface area contributed by atoms with Gasteiger partial charge < -0.3 is 9.73 Å². The third-order valence-electron chi connectivity index (χ3n) is 3.46. The predicted molar refractivity (Wildman–Crippen MR) is 50.2 cm³/mol. The van der Waals surface area contributed by atoms with Crippen LogP contribution in [0, 0.1) is 11.8 Å². The zero-order valence-electron chi connectivity index (χ0n) is 7.70. The average molecular weight is 177 g/mol. The van der Waals surface area contributed by atoms with Crippen LogP contribution < -0.4 is 5.32 Å². The molecule has 0 bridgehead atoms. The molecule has 0 spiro atoms. The summed E-state index contributed by atoms with van der Waals surface area (Å²) >= 11 is 0. The van der Waals surface area contributed by atoms with E-state index in [1.54, 1.807) is 6.26 Å². The van der Waals surface area contributed by atoms with Gasteiger partial charge in [0.15, 0.2) is 0 Å². The minimum Gasteiger partial charge on any atom is -0.468 e. The molecule has 0 amide bonds. The first-order valence-electron chi connectivity index (χ1n) is 5.19. The van der Waals surface area contributed by atoms with Gasteiger partial charge in [0, 0.05) is 6.04 Å². The molecule has 0 saturated heterocycles. The maximum Gasteiger partial charge on any atom is 0.117 e. The van der Waals surface area contributed by atoms with E-state index in [1.807, 2.05) is 12.1 Å². The van der Waals surface area contributed by atoms with Crippen molar-refractivity contribution in [2.75, 3.05) is 0 Å². The Balaban J connectivity index is 1.53. The fourth-order valence-corrected chi connectivity index (χ4v) is 2.60. The first-order valence-corrected chi connectivity index (χ1v) is 5.19. The summed E-state index contributed by atoms with van der Waals surface area (Å²) in [4.78, 5) is 0. The summed E-state index contributed by atoms with van der Waals surface area (Å²) in [6, 6.07) is 4.76. The minimum atomic E-state index is 0.773. The highest BCUT2D eigenvalue weighted by molar-refractivity contribution is 5.03. The van der Waals surface area contributed by atoms with Crippen LogP contribution in [0.1, 0.15) is 25.0 Å². The monoisotopic (exact) mass is 177 g/mol. The smallest absolute Gasteiger partial charge is 0.117 e. The van der Waals surface area contributed by atoms with Gasteiger partial charge in [-0.3, -0.25) is 0 Å². The second-order valence-electron chi connectivity index (χ2n) is 4.30. The maximum atomic E-state index is 5.28. The first-order chi connectivity index (χ1) is 6.43. The summed E-state index contributed by atoms with van der Waals surface area (Å²) < 4.78 is 5.28. The van der Waals surface area contributed by atoms with E-state index in [4.69, 9.17) is 4.42 Å². The van der Waals surface area contributed by atoms with Gasteiger partial charge in [-0.1, -0.05) is 0 Å². The molecule has 1 unspecified atom stereocenters. The lowest BCUT2D eigenvalue weighted by Crippen LogP contribution is -2.28. The number of hydrogen-bond acceptors (Lipinski definition) is 2. The van der Waals surface area contributed by atoms with Gasteiger partial charge in [0.1, 0.15) is 5.76 Å². The fraction of sp³-hybridized carbons (Fsp3) is 0.636. The molecule has 70 valence electrons. The van der Waals surface area contributed by atoms with Crippen molar-refractivity contribution in [1.29, 1.82) is 0 Å². The minimum absolute atomic E-state index is 0.773. The number of furan rings is 1. The van der Waals surface area contributed by atoms with Crippen LogP contribution in [-0.4, -0.2) is 6.04 Å². The van der Waals surface area contributed by atoms with E-state index < -0.39 is 0 Å². The Morgan fingerprint density at radius 1 is 1.46 bits per heavy atom. The van der Waals surface area contributed by atoms with Gasteiger partial charge in [0.2, 0.25) is 0 Å². The van der Waals surface area contributed by atoms with Crippen LogP contribution in [-0.2, 0) is 6.54 Å². The second-order valence-corrected chi connectivity index (χ2v) is 4.30. The average Bonchev–Trinajstić information content (AvgIpc) is 2.64. The van der Waals surface area contributed by atoms with Crippen molar-refractivity contribution in [2.45, 2.75) is 31.8 Å². The largest absolute Gasteiger partial charge is 0.468 e. The molecule has 2 aliphatic rings. The third-order valence-corrected chi connectivity index (χ3v) is 3.46. The van der Waals surface area contributed by atoms with Crippen molar-refractivity contribution in [3.05, 3.63) is 24.2 Å². The topological polar surface area (TPSA) is 25.2 Å². The zero-order chi connectivity index (χ0) is 8.67. The van der Waals surface area contributed by atoms with Crippen LogP contribution in [0.25, 0.3) is 0 Å². The predicted octanol–water partition coefficient (Wildman–Crippen LogP) is 2.17. The van der Waals surface area contributed by atoms with Crippen molar-refractivity contribution in [3.8, 4) is 0 Å². The van der Waals surface area contributed by atoms with Crippen molar-refractivity contribution < 1.29 is 4.42 Å². The molecule has 0 radical (unpaired) electrons. The number of hydrogen-bond donors (Lipinski definition) is 1. The van der Waals surface area contributed by atoms with E-state index in [2.05, 4.69) is 5.32 Å². The van der Waals surface area contributed by atoms with Gasteiger partial charge in [-0.15, -0.1) is 0 Å². The lowest BCUT2D eigenvalue weighted by atomic mass is 10.2. The standard InChI is InChI=1S/C11H15NO/c1-2-9(13-5-1)7-12-11-4-3-8-6-10(8)11/h1-2,5,8,10-12H,3-4,6-7H2/t8-,10+,11?/m1/s1. The van der Waals surface area contributed by atoms with Crippen LogP contribution in [0.5, 0.6) is 0 Å². The summed E-state index contributed by atoms with van der Waals surface area (Å²) in [5, 5.41) is 3.58. The molecular weight excluding hydrogens is 162 g/mol. The van der Waals surface area contributed by atoms with E-state index in [1.165, 1.54) is 19.3 Å². The lowest BCUT2D eigenvalue weighted by molar-refractivity contribution is 0.424. The van der Waals surface area contributed by atoms with Crippen molar-refractivity contribution in [2.24, 2.45) is 11.8 Å². The summed E-state index contributed by atoms with van der Waals surface area (Å²) in [7, 11) is 0. The van der Waals surface area contributed by atoms with Crippen LogP contribution in [0.2, 0.25) is 0 Å². The number of fused-ring (bicyclic) bond motifs is 1. The molecule has 0 aliphatic heterocycles. The molecule has 0 aromatic carbocycles. The molecular formula is C11H15NO. The molecule has 3 atom stereocenters. The molecule has 1 aromatic heterocycles. The quantitative estimate of drug-likeness (QED) is 0.765. The number of rotatable bonds is 3. The van der Waals surface area contributed by atoms with Crippen molar-refractivity contribution in [3.63, 3.8) is 0 Å². The third kappa shape index (κ3) is 1.39. The molecule has 1 aromatic rings. The zero-order valence-corrected chi connectivity index (χ0v) is 7.70. The highest BCUT2D eigenvalue weighted by Crippen LogP contribution is 2.51. The van der Waals surface area contributed by atoms with Gasteiger partial charge in [-0.2, -0.15) is 0 Å². The molecule has 2 nitrogen and oxygen atoms in total. The van der Waals surface area contributed by atoms with Crippen LogP contribution in [0.15, 0.2) is 22.8 Å². The SMILES string of the molecule is c1coc(CNC2CC[C@@H]3C[C@H]23)c1. The van der Waals surface area contributed by atoms with Crippen LogP contribution in [0.4, 0.5) is 0 Å². The van der Waals surface area contributed by atoms with E-state index in [9.17, 15) is 0 Å². The molecule has 13 heavy (non-hydrogen) atoms. The molecule has 3 rings (SSSR count). The first kappa shape index (κ1) is 7.63. The van der Waals surface area contributed by atoms with E-state index in [0.29, 0.717) is 0 Å². The van der Waals surface area contributed by atoms with Crippen molar-refractivity contribution >= 4 is 0 Å². The molecule has 2 heteroatoms. The molecule has 1 N–H and O–H groups in total. The second kappa shape index (κ2) is 2.88. The Morgan fingerprint density at radius 3 is 3.08 bits per heavy atom. The Hall–Kier alpha value is -0.760. The Kier molecular flexibility index (Phi) is 1.69. The Labute approximate surface area is 78.3 Å². The Morgan fingerprint density at radius 2 is 2.46 bits per heavy atom. The summed E-state index contributed by atoms with van der Waals surface area (Å²) in [6.07, 6.45) is 6.03. The summed E-state index contributed by atoms with van der Waals surface area (Å²) in [6.45, 7) is 0.904. The van der Waals surface area contributed by atoms with Gasteiger partial charge in [0.25, 0.3) is 0 Å². The van der Waals surface area contributed by atoms with E-state index in [0.717, 1.165) is 30.2 Å². The molecule has 2 fully saturated rings. The van der Waals surface area contributed by atoms with Gasteiger partial charge >= 0.3 is 0 Å². The molecule has 2 aliphatic carbocycles. The Bertz CT molecular complexity index is 280. The van der Waals surface area contributed by atoms with Crippen LogP contribution in [0.3, 0.4) is 0 Å². The summed E-state index contributed by atoms with van der Waals surface area (Å²) in [5.41, 5.74) is 0. The van der Waals surface area contributed by atoms with Gasteiger partial charge in [-0.05, 0) is 43.2 Å². The number of nitrogens with one attached hydrogen (secondary N) is 1. The van der Waals surface area contributed by atoms with Crippen LogP contribution >= 0.6 is 0 Å². The normalized spacial score (nSPS) is 36.2. The maximum absolute atomic E-state index is 5.28. The van der Waals surface area contributed by atoms with E-state index in [-0.39, 0.29) is 0 Å². The van der Waals surface area contributed by atoms with Gasteiger partial charge in [0.05, 0.1) is 12.8 Å². The molecule has 1 heterocycles. The molecule has 2 saturated carbocycles. The van der Waals surface area contributed by atoms with Crippen molar-refractivity contribution in [1.82, 2.24) is 5.32 Å². The lowest BCUT2D eigenvalue weighted by Gasteiger charge is -2.12. The fourth-order valence-electron chi connectivity index (χ4n) is 2.60.